The van der Waals surface area contributed by atoms with Crippen molar-refractivity contribution in [1.29, 1.82) is 0 Å². The number of nitrogens with one attached hydrogen (secondary N) is 2. The summed E-state index contributed by atoms with van der Waals surface area (Å²) in [6.45, 7) is 3.29. The molecule has 2 heterocycles. The first-order valence-corrected chi connectivity index (χ1v) is 11.2. The van der Waals surface area contributed by atoms with Gasteiger partial charge in [0.1, 0.15) is 11.6 Å². The molecule has 0 radical (unpaired) electrons. The largest absolute Gasteiger partial charge is 0.417 e. The van der Waals surface area contributed by atoms with Crippen molar-refractivity contribution in [3.05, 3.63) is 95.4 Å². The predicted molar refractivity (Wildman–Crippen MR) is 130 cm³/mol. The van der Waals surface area contributed by atoms with Crippen LogP contribution in [0.5, 0.6) is 0 Å². The summed E-state index contributed by atoms with van der Waals surface area (Å²) in [5.41, 5.74) is -1.99. The number of benzene rings is 3. The molecule has 2 amide bonds. The summed E-state index contributed by atoms with van der Waals surface area (Å²) in [5, 5.41) is 9.02. The van der Waals surface area contributed by atoms with Gasteiger partial charge >= 0.3 is 6.18 Å². The molecule has 10 heteroatoms. The van der Waals surface area contributed by atoms with Gasteiger partial charge in [0.25, 0.3) is 5.91 Å². The van der Waals surface area contributed by atoms with Gasteiger partial charge in [-0.05, 0) is 66.9 Å². The number of alkyl halides is 3. The molecule has 0 bridgehead atoms. The zero-order chi connectivity index (χ0) is 26.5. The molecule has 2 N–H and O–H groups in total. The number of amides is 2. The van der Waals surface area contributed by atoms with Crippen LogP contribution in [0.4, 0.5) is 34.8 Å². The molecule has 3 aromatic carbocycles. The lowest BCUT2D eigenvalue weighted by molar-refractivity contribution is -0.137. The van der Waals surface area contributed by atoms with Crippen LogP contribution >= 0.6 is 0 Å². The Morgan fingerprint density at radius 1 is 0.973 bits per heavy atom. The van der Waals surface area contributed by atoms with Crippen molar-refractivity contribution in [1.82, 2.24) is 10.2 Å². The molecule has 37 heavy (non-hydrogen) atoms. The molecule has 5 rings (SSSR count). The van der Waals surface area contributed by atoms with Crippen LogP contribution in [-0.4, -0.2) is 22.0 Å². The molecule has 4 aromatic rings. The summed E-state index contributed by atoms with van der Waals surface area (Å²) in [7, 11) is 0. The Hall–Kier alpha value is -4.47. The van der Waals surface area contributed by atoms with Gasteiger partial charge in [-0.3, -0.25) is 19.6 Å². The Balaban J connectivity index is 1.69. The molecule has 0 saturated carbocycles. The quantitative estimate of drug-likeness (QED) is 0.311. The van der Waals surface area contributed by atoms with Crippen molar-refractivity contribution in [2.75, 3.05) is 10.2 Å². The third-order valence-electron chi connectivity index (χ3n) is 6.36. The first-order valence-electron chi connectivity index (χ1n) is 11.2. The van der Waals surface area contributed by atoms with E-state index in [1.165, 1.54) is 41.4 Å². The van der Waals surface area contributed by atoms with Gasteiger partial charge in [-0.15, -0.1) is 0 Å². The molecule has 6 nitrogen and oxygen atoms in total. The fourth-order valence-corrected chi connectivity index (χ4v) is 4.72. The van der Waals surface area contributed by atoms with Crippen molar-refractivity contribution < 1.29 is 27.2 Å². The summed E-state index contributed by atoms with van der Waals surface area (Å²) in [6.07, 6.45) is -3.42. The van der Waals surface area contributed by atoms with E-state index < -0.39 is 34.4 Å². The minimum absolute atomic E-state index is 0.146. The van der Waals surface area contributed by atoms with E-state index in [0.29, 0.717) is 17.1 Å². The van der Waals surface area contributed by atoms with Crippen molar-refractivity contribution in [3.63, 3.8) is 0 Å². The lowest BCUT2D eigenvalue weighted by Crippen LogP contribution is -2.33. The number of halogens is 4. The maximum atomic E-state index is 14.5. The highest BCUT2D eigenvalue weighted by Gasteiger charge is 2.48. The van der Waals surface area contributed by atoms with Crippen molar-refractivity contribution in [2.24, 2.45) is 0 Å². The van der Waals surface area contributed by atoms with Gasteiger partial charge in [0.05, 0.1) is 28.4 Å². The predicted octanol–water partition coefficient (Wildman–Crippen LogP) is 6.44. The highest BCUT2D eigenvalue weighted by molar-refractivity contribution is 6.14. The van der Waals surface area contributed by atoms with Gasteiger partial charge in [0.15, 0.2) is 0 Å². The number of aromatic amines is 1. The number of aromatic nitrogens is 2. The molecule has 0 aliphatic carbocycles. The van der Waals surface area contributed by atoms with E-state index in [1.807, 2.05) is 0 Å². The summed E-state index contributed by atoms with van der Waals surface area (Å²) >= 11 is 0. The highest BCUT2D eigenvalue weighted by Crippen LogP contribution is 2.51. The Bertz CT molecular complexity index is 1510. The van der Waals surface area contributed by atoms with Crippen LogP contribution in [0.15, 0.2) is 72.9 Å². The number of nitrogens with zero attached hydrogens (tertiary/aromatic N) is 2. The fraction of sp³-hybridized carbons (Fsp3) is 0.148. The first-order chi connectivity index (χ1) is 17.5. The standard InChI is InChI=1S/C27H20F4N4O2/c1-26(2)23-18(6-4-8-20(23)35(25(26)37)21-13-14-32-34-21)17-5-3-7-19(22(17)27(29,30)31)24(36)33-16-11-9-15(28)10-12-16/h3-14H,1-2H3,(H,32,34)(H,33,36). The van der Waals surface area contributed by atoms with Gasteiger partial charge in [0.2, 0.25) is 5.91 Å². The fourth-order valence-electron chi connectivity index (χ4n) is 4.72. The third-order valence-corrected chi connectivity index (χ3v) is 6.36. The summed E-state index contributed by atoms with van der Waals surface area (Å²) in [4.78, 5) is 27.8. The molecule has 188 valence electrons. The van der Waals surface area contributed by atoms with Crippen LogP contribution in [-0.2, 0) is 16.4 Å². The summed E-state index contributed by atoms with van der Waals surface area (Å²) < 4.78 is 56.9. The molecule has 1 aliphatic rings. The van der Waals surface area contributed by atoms with Gasteiger partial charge in [-0.2, -0.15) is 18.3 Å². The van der Waals surface area contributed by atoms with E-state index in [2.05, 4.69) is 15.5 Å². The minimum Gasteiger partial charge on any atom is -0.322 e. The van der Waals surface area contributed by atoms with Gasteiger partial charge in [-0.25, -0.2) is 4.39 Å². The maximum Gasteiger partial charge on any atom is 0.417 e. The molecule has 0 fully saturated rings. The van der Waals surface area contributed by atoms with Crippen LogP contribution in [0, 0.1) is 5.82 Å². The Morgan fingerprint density at radius 2 is 1.65 bits per heavy atom. The van der Waals surface area contributed by atoms with E-state index in [1.54, 1.807) is 32.0 Å². The monoisotopic (exact) mass is 508 g/mol. The number of carbonyl (C=O) groups excluding carboxylic acids is 2. The number of anilines is 3. The van der Waals surface area contributed by atoms with E-state index in [-0.39, 0.29) is 22.7 Å². The Kier molecular flexibility index (Phi) is 5.62. The maximum absolute atomic E-state index is 14.5. The molecule has 0 unspecified atom stereocenters. The Labute approximate surface area is 208 Å². The van der Waals surface area contributed by atoms with E-state index >= 15 is 0 Å². The van der Waals surface area contributed by atoms with Crippen molar-refractivity contribution in [2.45, 2.75) is 25.4 Å². The molecule has 0 atom stereocenters. The van der Waals surface area contributed by atoms with Crippen molar-refractivity contribution >= 4 is 29.0 Å². The highest BCUT2D eigenvalue weighted by atomic mass is 19.4. The molecule has 0 saturated heterocycles. The third kappa shape index (κ3) is 4.04. The number of H-pyrrole nitrogens is 1. The smallest absolute Gasteiger partial charge is 0.322 e. The summed E-state index contributed by atoms with van der Waals surface area (Å²) in [6, 6.07) is 14.8. The van der Waals surface area contributed by atoms with Crippen LogP contribution in [0.25, 0.3) is 11.1 Å². The zero-order valence-corrected chi connectivity index (χ0v) is 19.7. The number of fused-ring (bicyclic) bond motifs is 1. The second kappa shape index (κ2) is 8.58. The van der Waals surface area contributed by atoms with E-state index in [9.17, 15) is 27.2 Å². The van der Waals surface area contributed by atoms with E-state index in [0.717, 1.165) is 18.2 Å². The second-order valence-corrected chi connectivity index (χ2v) is 9.09. The van der Waals surface area contributed by atoms with Crippen LogP contribution in [0.2, 0.25) is 0 Å². The SMILES string of the molecule is CC1(C)C(=O)N(c2ccn[nH]2)c2cccc(-c3cccc(C(=O)Nc4ccc(F)cc4)c3C(F)(F)F)c21. The van der Waals surface area contributed by atoms with Gasteiger partial charge in [-0.1, -0.05) is 24.3 Å². The average molecular weight is 508 g/mol. The molecular weight excluding hydrogens is 488 g/mol. The number of hydrogen-bond acceptors (Lipinski definition) is 3. The van der Waals surface area contributed by atoms with Crippen LogP contribution < -0.4 is 10.2 Å². The molecule has 1 aromatic heterocycles. The van der Waals surface area contributed by atoms with Gasteiger partial charge < -0.3 is 5.32 Å². The minimum atomic E-state index is -4.90. The topological polar surface area (TPSA) is 78.1 Å². The molecule has 1 aliphatic heterocycles. The second-order valence-electron chi connectivity index (χ2n) is 9.09. The van der Waals surface area contributed by atoms with Gasteiger partial charge in [0, 0.05) is 11.8 Å². The summed E-state index contributed by atoms with van der Waals surface area (Å²) in [5.74, 6) is -1.49. The normalized spacial score (nSPS) is 14.5. The zero-order valence-electron chi connectivity index (χ0n) is 19.7. The number of rotatable bonds is 4. The number of carbonyl (C=O) groups is 2. The molecule has 0 spiro atoms. The van der Waals surface area contributed by atoms with Crippen molar-refractivity contribution in [3.8, 4) is 11.1 Å². The first kappa shape index (κ1) is 24.2. The average Bonchev–Trinajstić information content (AvgIpc) is 3.44. The lowest BCUT2D eigenvalue weighted by Gasteiger charge is -2.23. The Morgan fingerprint density at radius 3 is 2.30 bits per heavy atom. The number of hydrogen-bond donors (Lipinski definition) is 2. The molecular formula is C27H20F4N4O2. The van der Waals surface area contributed by atoms with E-state index in [4.69, 9.17) is 0 Å². The van der Waals surface area contributed by atoms with Crippen LogP contribution in [0.1, 0.15) is 35.3 Å². The van der Waals surface area contributed by atoms with Crippen LogP contribution in [0.3, 0.4) is 0 Å². The lowest BCUT2D eigenvalue weighted by atomic mass is 9.80.